The van der Waals surface area contributed by atoms with Crippen LogP contribution in [0.15, 0.2) is 0 Å². The summed E-state index contributed by atoms with van der Waals surface area (Å²) < 4.78 is 0. The molecule has 0 saturated carbocycles. The van der Waals surface area contributed by atoms with Gasteiger partial charge in [0, 0.05) is 6.42 Å². The van der Waals surface area contributed by atoms with Crippen LogP contribution < -0.4 is 0 Å². The van der Waals surface area contributed by atoms with E-state index in [0.29, 0.717) is 0 Å². The molecule has 0 fully saturated rings. The molecule has 0 heterocycles. The zero-order valence-corrected chi connectivity index (χ0v) is 7.28. The van der Waals surface area contributed by atoms with E-state index in [2.05, 4.69) is 0 Å². The van der Waals surface area contributed by atoms with Crippen LogP contribution in [0.5, 0.6) is 0 Å². The van der Waals surface area contributed by atoms with Gasteiger partial charge in [-0.3, -0.25) is 0 Å². The lowest BCUT2D eigenvalue weighted by molar-refractivity contribution is -0.179. The fraction of sp³-hybridized carbons (Fsp3) is 1.00. The number of aliphatic hydroxyl groups excluding tert-OH is 5. The first-order valence-electron chi connectivity index (χ1n) is 3.94. The van der Waals surface area contributed by atoms with Crippen molar-refractivity contribution in [2.75, 3.05) is 0 Å². The highest BCUT2D eigenvalue weighted by Gasteiger charge is 2.29. The van der Waals surface area contributed by atoms with Crippen molar-refractivity contribution < 1.29 is 30.6 Å². The Kier molecular flexibility index (Phi) is 5.38. The average molecular weight is 196 g/mol. The van der Waals surface area contributed by atoms with Crippen LogP contribution >= 0.6 is 0 Å². The Hall–Kier alpha value is -0.240. The minimum atomic E-state index is -2.11. The van der Waals surface area contributed by atoms with Gasteiger partial charge in [-0.25, -0.2) is 0 Å². The summed E-state index contributed by atoms with van der Waals surface area (Å²) >= 11 is 0. The van der Waals surface area contributed by atoms with E-state index in [0.717, 1.165) is 0 Å². The summed E-state index contributed by atoms with van der Waals surface area (Å²) in [5.74, 6) is 0. The zero-order valence-electron chi connectivity index (χ0n) is 7.28. The number of hydrogen-bond acceptors (Lipinski definition) is 6. The van der Waals surface area contributed by atoms with Crippen LogP contribution in [-0.4, -0.2) is 61.3 Å². The molecule has 80 valence electrons. The predicted octanol–water partition coefficient (Wildman–Crippen LogP) is -2.85. The Labute approximate surface area is 75.7 Å². The number of aliphatic hydroxyl groups is 6. The number of rotatable bonds is 5. The SMILES string of the molecule is CC(O)CC(O)C(O)C(O)C(O)O. The van der Waals surface area contributed by atoms with Gasteiger partial charge in [0.1, 0.15) is 12.2 Å². The molecule has 0 aliphatic carbocycles. The van der Waals surface area contributed by atoms with E-state index in [-0.39, 0.29) is 6.42 Å². The van der Waals surface area contributed by atoms with Crippen molar-refractivity contribution in [1.29, 1.82) is 0 Å². The first-order chi connectivity index (χ1) is 5.86. The van der Waals surface area contributed by atoms with Gasteiger partial charge >= 0.3 is 0 Å². The summed E-state index contributed by atoms with van der Waals surface area (Å²) in [6, 6.07) is 0. The highest BCUT2D eigenvalue weighted by molar-refractivity contribution is 4.77. The molecule has 0 saturated heterocycles. The molecule has 0 aliphatic rings. The Balaban J connectivity index is 4.01. The summed E-state index contributed by atoms with van der Waals surface area (Å²) in [5.41, 5.74) is 0. The Morgan fingerprint density at radius 3 is 1.62 bits per heavy atom. The van der Waals surface area contributed by atoms with Crippen LogP contribution in [0.3, 0.4) is 0 Å². The molecule has 6 N–H and O–H groups in total. The van der Waals surface area contributed by atoms with Gasteiger partial charge in [0.15, 0.2) is 6.29 Å². The molecule has 0 aromatic heterocycles. The Morgan fingerprint density at radius 2 is 1.31 bits per heavy atom. The van der Waals surface area contributed by atoms with Gasteiger partial charge in [-0.2, -0.15) is 0 Å². The zero-order chi connectivity index (χ0) is 10.6. The number of hydrogen-bond donors (Lipinski definition) is 6. The molecule has 6 heteroatoms. The molecule has 6 nitrogen and oxygen atoms in total. The summed E-state index contributed by atoms with van der Waals surface area (Å²) in [7, 11) is 0. The van der Waals surface area contributed by atoms with Crippen molar-refractivity contribution >= 4 is 0 Å². The molecule has 0 aliphatic heterocycles. The molecule has 13 heavy (non-hydrogen) atoms. The molecular formula is C7H16O6. The van der Waals surface area contributed by atoms with Crippen molar-refractivity contribution in [2.45, 2.75) is 44.1 Å². The summed E-state index contributed by atoms with van der Waals surface area (Å²) in [4.78, 5) is 0. The monoisotopic (exact) mass is 196 g/mol. The van der Waals surface area contributed by atoms with E-state index in [1.54, 1.807) is 0 Å². The molecule has 4 unspecified atom stereocenters. The van der Waals surface area contributed by atoms with Crippen LogP contribution in [0.25, 0.3) is 0 Å². The summed E-state index contributed by atoms with van der Waals surface area (Å²) in [5, 5.41) is 52.8. The van der Waals surface area contributed by atoms with Crippen LogP contribution in [0.2, 0.25) is 0 Å². The average Bonchev–Trinajstić information content (AvgIpc) is 2.00. The normalized spacial score (nSPS) is 21.2. The first kappa shape index (κ1) is 12.8. The quantitative estimate of drug-likeness (QED) is 0.263. The van der Waals surface area contributed by atoms with Gasteiger partial charge in [0.2, 0.25) is 0 Å². The lowest BCUT2D eigenvalue weighted by Gasteiger charge is -2.24. The highest BCUT2D eigenvalue weighted by atomic mass is 16.5. The van der Waals surface area contributed by atoms with Crippen molar-refractivity contribution in [3.05, 3.63) is 0 Å². The standard InChI is InChI=1S/C7H16O6/c1-3(8)2-4(9)5(10)6(11)7(12)13/h3-13H,2H2,1H3. The Bertz CT molecular complexity index is 137. The van der Waals surface area contributed by atoms with E-state index in [4.69, 9.17) is 30.6 Å². The van der Waals surface area contributed by atoms with Crippen molar-refractivity contribution in [2.24, 2.45) is 0 Å². The van der Waals surface area contributed by atoms with Gasteiger partial charge in [-0.1, -0.05) is 0 Å². The van der Waals surface area contributed by atoms with Crippen molar-refractivity contribution in [3.8, 4) is 0 Å². The van der Waals surface area contributed by atoms with E-state index in [1.165, 1.54) is 6.92 Å². The molecule has 0 bridgehead atoms. The molecule has 4 atom stereocenters. The van der Waals surface area contributed by atoms with E-state index in [1.807, 2.05) is 0 Å². The van der Waals surface area contributed by atoms with E-state index in [9.17, 15) is 0 Å². The fourth-order valence-corrected chi connectivity index (χ4v) is 0.893. The van der Waals surface area contributed by atoms with Crippen LogP contribution in [0.1, 0.15) is 13.3 Å². The van der Waals surface area contributed by atoms with Gasteiger partial charge in [0.25, 0.3) is 0 Å². The third-order valence-corrected chi connectivity index (χ3v) is 1.63. The van der Waals surface area contributed by atoms with Crippen LogP contribution in [0.4, 0.5) is 0 Å². The molecule has 0 aromatic carbocycles. The van der Waals surface area contributed by atoms with Crippen molar-refractivity contribution in [3.63, 3.8) is 0 Å². The van der Waals surface area contributed by atoms with E-state index < -0.39 is 30.7 Å². The van der Waals surface area contributed by atoms with Gasteiger partial charge < -0.3 is 30.6 Å². The van der Waals surface area contributed by atoms with Crippen LogP contribution in [0, 0.1) is 0 Å². The fourth-order valence-electron chi connectivity index (χ4n) is 0.893. The third kappa shape index (κ3) is 4.51. The topological polar surface area (TPSA) is 121 Å². The second kappa shape index (κ2) is 5.48. The minimum absolute atomic E-state index is 0.148. The third-order valence-electron chi connectivity index (χ3n) is 1.63. The lowest BCUT2D eigenvalue weighted by atomic mass is 10.0. The van der Waals surface area contributed by atoms with Gasteiger partial charge in [-0.05, 0) is 6.92 Å². The Morgan fingerprint density at radius 1 is 0.846 bits per heavy atom. The molecule has 0 rings (SSSR count). The predicted molar refractivity (Wildman–Crippen MR) is 42.5 cm³/mol. The lowest BCUT2D eigenvalue weighted by Crippen LogP contribution is -2.45. The second-order valence-electron chi connectivity index (χ2n) is 3.05. The smallest absolute Gasteiger partial charge is 0.180 e. The largest absolute Gasteiger partial charge is 0.393 e. The summed E-state index contributed by atoms with van der Waals surface area (Å²) in [6.45, 7) is 1.40. The molecule has 0 radical (unpaired) electrons. The maximum absolute atomic E-state index is 9.12. The van der Waals surface area contributed by atoms with Gasteiger partial charge in [-0.15, -0.1) is 0 Å². The summed E-state index contributed by atoms with van der Waals surface area (Å²) in [6.07, 6.45) is -8.02. The van der Waals surface area contributed by atoms with Crippen LogP contribution in [-0.2, 0) is 0 Å². The minimum Gasteiger partial charge on any atom is -0.393 e. The molecular weight excluding hydrogens is 180 g/mol. The maximum Gasteiger partial charge on any atom is 0.180 e. The van der Waals surface area contributed by atoms with Crippen molar-refractivity contribution in [1.82, 2.24) is 0 Å². The molecule has 0 aromatic rings. The molecule has 0 amide bonds. The van der Waals surface area contributed by atoms with Gasteiger partial charge in [0.05, 0.1) is 12.2 Å². The van der Waals surface area contributed by atoms with E-state index >= 15 is 0 Å². The maximum atomic E-state index is 9.12. The highest BCUT2D eigenvalue weighted by Crippen LogP contribution is 2.08. The first-order valence-corrected chi connectivity index (χ1v) is 3.94. The second-order valence-corrected chi connectivity index (χ2v) is 3.05. The molecule has 0 spiro atoms.